The van der Waals surface area contributed by atoms with E-state index >= 15 is 0 Å². The molecule has 1 aliphatic rings. The number of hydrogen-bond acceptors (Lipinski definition) is 4. The fourth-order valence-electron chi connectivity index (χ4n) is 3.61. The number of halogens is 1. The van der Waals surface area contributed by atoms with Gasteiger partial charge in [0.15, 0.2) is 0 Å². The summed E-state index contributed by atoms with van der Waals surface area (Å²) in [5, 5.41) is 10.2. The third-order valence-corrected chi connectivity index (χ3v) is 5.19. The summed E-state index contributed by atoms with van der Waals surface area (Å²) < 4.78 is 5.30. The summed E-state index contributed by atoms with van der Waals surface area (Å²) in [5.41, 5.74) is 2.56. The molecule has 0 saturated carbocycles. The van der Waals surface area contributed by atoms with Crippen molar-refractivity contribution in [2.24, 2.45) is 5.92 Å². The minimum absolute atomic E-state index is 0.0626. The van der Waals surface area contributed by atoms with Crippen LogP contribution in [0, 0.1) is 17.2 Å². The molecule has 3 rings (SSSR count). The molecule has 4 nitrogen and oxygen atoms in total. The third-order valence-electron chi connectivity index (χ3n) is 4.82. The summed E-state index contributed by atoms with van der Waals surface area (Å²) in [6, 6.07) is 17.5. The average Bonchev–Trinajstić information content (AvgIpc) is 3.07. The highest BCUT2D eigenvalue weighted by Gasteiger charge is 2.40. The van der Waals surface area contributed by atoms with Gasteiger partial charge in [0.2, 0.25) is 0 Å². The van der Waals surface area contributed by atoms with Gasteiger partial charge in [-0.15, -0.1) is 0 Å². The van der Waals surface area contributed by atoms with E-state index in [4.69, 9.17) is 16.3 Å². The number of esters is 1. The van der Waals surface area contributed by atoms with Gasteiger partial charge in [0.05, 0.1) is 24.2 Å². The van der Waals surface area contributed by atoms with Gasteiger partial charge in [0.1, 0.15) is 0 Å². The molecule has 0 radical (unpaired) electrons. The Balaban J connectivity index is 1.87. The van der Waals surface area contributed by atoms with E-state index in [1.54, 1.807) is 6.07 Å². The highest BCUT2D eigenvalue weighted by Crippen LogP contribution is 2.36. The van der Waals surface area contributed by atoms with Crippen LogP contribution < -0.4 is 0 Å². The molecular formula is C21H21ClN2O2. The standard InChI is InChI=1S/C21H21ClN2O2/c1-2-26-21(25)19-14-24(12-16-8-4-6-10-20(16)22)13-18(19)17-9-5-3-7-15(17)11-23/h3-10,18-19H,2,12-14H2,1H3. The average molecular weight is 369 g/mol. The van der Waals surface area contributed by atoms with Gasteiger partial charge in [-0.3, -0.25) is 9.69 Å². The Hall–Kier alpha value is -2.35. The molecule has 0 N–H and O–H groups in total. The van der Waals surface area contributed by atoms with Crippen molar-refractivity contribution in [1.29, 1.82) is 5.26 Å². The van der Waals surface area contributed by atoms with E-state index in [9.17, 15) is 10.1 Å². The molecule has 5 heteroatoms. The van der Waals surface area contributed by atoms with Crippen LogP contribution in [0.2, 0.25) is 5.02 Å². The number of carbonyl (C=O) groups excluding carboxylic acids is 1. The molecule has 2 atom stereocenters. The number of benzene rings is 2. The van der Waals surface area contributed by atoms with E-state index in [2.05, 4.69) is 11.0 Å². The number of nitriles is 1. The Morgan fingerprint density at radius 2 is 1.96 bits per heavy atom. The van der Waals surface area contributed by atoms with E-state index in [0.717, 1.165) is 16.1 Å². The van der Waals surface area contributed by atoms with Crippen molar-refractivity contribution in [1.82, 2.24) is 4.90 Å². The van der Waals surface area contributed by atoms with Crippen molar-refractivity contribution < 1.29 is 9.53 Å². The second-order valence-electron chi connectivity index (χ2n) is 6.45. The number of nitrogens with zero attached hydrogens (tertiary/aromatic N) is 2. The molecule has 1 fully saturated rings. The Morgan fingerprint density at radius 1 is 1.23 bits per heavy atom. The number of ether oxygens (including phenoxy) is 1. The van der Waals surface area contributed by atoms with Gasteiger partial charge in [0.25, 0.3) is 0 Å². The Bertz CT molecular complexity index is 831. The largest absolute Gasteiger partial charge is 0.466 e. The van der Waals surface area contributed by atoms with Gasteiger partial charge in [-0.25, -0.2) is 0 Å². The van der Waals surface area contributed by atoms with Gasteiger partial charge in [-0.05, 0) is 30.2 Å². The molecule has 1 saturated heterocycles. The van der Waals surface area contributed by atoms with E-state index in [-0.39, 0.29) is 17.8 Å². The molecule has 0 spiro atoms. The molecule has 2 aromatic rings. The first-order chi connectivity index (χ1) is 12.6. The summed E-state index contributed by atoms with van der Waals surface area (Å²) >= 11 is 6.29. The zero-order valence-corrected chi connectivity index (χ0v) is 15.4. The zero-order chi connectivity index (χ0) is 18.5. The van der Waals surface area contributed by atoms with Crippen LogP contribution in [0.15, 0.2) is 48.5 Å². The summed E-state index contributed by atoms with van der Waals surface area (Å²) in [5.74, 6) is -0.550. The summed E-state index contributed by atoms with van der Waals surface area (Å²) in [7, 11) is 0. The van der Waals surface area contributed by atoms with Crippen molar-refractivity contribution in [3.8, 4) is 6.07 Å². The van der Waals surface area contributed by atoms with E-state index in [1.165, 1.54) is 0 Å². The van der Waals surface area contributed by atoms with Crippen molar-refractivity contribution in [3.63, 3.8) is 0 Å². The van der Waals surface area contributed by atoms with Crippen LogP contribution in [0.3, 0.4) is 0 Å². The molecule has 0 aromatic heterocycles. The molecule has 2 aromatic carbocycles. The summed E-state index contributed by atoms with van der Waals surface area (Å²) in [6.45, 7) is 4.11. The number of likely N-dealkylation sites (tertiary alicyclic amines) is 1. The highest BCUT2D eigenvalue weighted by atomic mass is 35.5. The smallest absolute Gasteiger partial charge is 0.310 e. The minimum atomic E-state index is -0.285. The monoisotopic (exact) mass is 368 g/mol. The predicted molar refractivity (Wildman–Crippen MR) is 101 cm³/mol. The first kappa shape index (κ1) is 18.4. The first-order valence-corrected chi connectivity index (χ1v) is 9.13. The Labute approximate surface area is 158 Å². The minimum Gasteiger partial charge on any atom is -0.466 e. The molecule has 134 valence electrons. The molecule has 26 heavy (non-hydrogen) atoms. The molecule has 0 amide bonds. The topological polar surface area (TPSA) is 53.3 Å². The lowest BCUT2D eigenvalue weighted by Gasteiger charge is -2.18. The lowest BCUT2D eigenvalue weighted by atomic mass is 9.86. The molecule has 1 heterocycles. The first-order valence-electron chi connectivity index (χ1n) is 8.75. The third kappa shape index (κ3) is 3.90. The van der Waals surface area contributed by atoms with Crippen LogP contribution in [0.25, 0.3) is 0 Å². The van der Waals surface area contributed by atoms with Crippen LogP contribution in [-0.4, -0.2) is 30.6 Å². The molecule has 0 bridgehead atoms. The Morgan fingerprint density at radius 3 is 2.69 bits per heavy atom. The van der Waals surface area contributed by atoms with Crippen molar-refractivity contribution in [2.75, 3.05) is 19.7 Å². The van der Waals surface area contributed by atoms with Gasteiger partial charge in [-0.2, -0.15) is 5.26 Å². The second-order valence-corrected chi connectivity index (χ2v) is 6.86. The normalized spacial score (nSPS) is 19.9. The maximum absolute atomic E-state index is 12.5. The van der Waals surface area contributed by atoms with Crippen LogP contribution in [0.5, 0.6) is 0 Å². The summed E-state index contributed by atoms with van der Waals surface area (Å²) in [4.78, 5) is 14.7. The number of carbonyl (C=O) groups is 1. The van der Waals surface area contributed by atoms with Gasteiger partial charge in [0, 0.05) is 30.6 Å². The molecule has 0 aliphatic carbocycles. The molecule has 1 aliphatic heterocycles. The van der Waals surface area contributed by atoms with Gasteiger partial charge >= 0.3 is 5.97 Å². The van der Waals surface area contributed by atoms with E-state index in [1.807, 2.05) is 49.4 Å². The van der Waals surface area contributed by atoms with Crippen molar-refractivity contribution in [3.05, 3.63) is 70.2 Å². The fraction of sp³-hybridized carbons (Fsp3) is 0.333. The SMILES string of the molecule is CCOC(=O)C1CN(Cc2ccccc2Cl)CC1c1ccccc1C#N. The fourth-order valence-corrected chi connectivity index (χ4v) is 3.80. The number of hydrogen-bond donors (Lipinski definition) is 0. The predicted octanol–water partition coefficient (Wildman–Crippen LogP) is 3.99. The van der Waals surface area contributed by atoms with Crippen LogP contribution in [-0.2, 0) is 16.1 Å². The maximum Gasteiger partial charge on any atom is 0.310 e. The maximum atomic E-state index is 12.5. The zero-order valence-electron chi connectivity index (χ0n) is 14.7. The van der Waals surface area contributed by atoms with Crippen molar-refractivity contribution >= 4 is 17.6 Å². The van der Waals surface area contributed by atoms with Crippen LogP contribution in [0.4, 0.5) is 0 Å². The van der Waals surface area contributed by atoms with Crippen LogP contribution >= 0.6 is 11.6 Å². The lowest BCUT2D eigenvalue weighted by molar-refractivity contribution is -0.148. The highest BCUT2D eigenvalue weighted by molar-refractivity contribution is 6.31. The second kappa shape index (κ2) is 8.35. The molecule has 2 unspecified atom stereocenters. The van der Waals surface area contributed by atoms with Gasteiger partial charge in [-0.1, -0.05) is 48.0 Å². The Kier molecular flexibility index (Phi) is 5.92. The summed E-state index contributed by atoms with van der Waals surface area (Å²) in [6.07, 6.45) is 0. The lowest BCUT2D eigenvalue weighted by Crippen LogP contribution is -2.25. The van der Waals surface area contributed by atoms with Gasteiger partial charge < -0.3 is 4.74 Å². The number of rotatable bonds is 5. The van der Waals surface area contributed by atoms with E-state index in [0.29, 0.717) is 31.8 Å². The van der Waals surface area contributed by atoms with Crippen LogP contribution in [0.1, 0.15) is 29.5 Å². The quantitative estimate of drug-likeness (QED) is 0.749. The van der Waals surface area contributed by atoms with E-state index < -0.39 is 0 Å². The molecular weight excluding hydrogens is 348 g/mol. The van der Waals surface area contributed by atoms with Crippen molar-refractivity contribution in [2.45, 2.75) is 19.4 Å².